The van der Waals surface area contributed by atoms with Gasteiger partial charge in [-0.15, -0.1) is 0 Å². The number of amides is 1. The molecule has 3 rings (SSSR count). The SMILES string of the molecule is Cc1cccc(C(=O)N2CCN(c3ncc(C(=N)N)s3)CC2)c1Cl. The number of rotatable bonds is 3. The van der Waals surface area contributed by atoms with Crippen molar-refractivity contribution in [1.82, 2.24) is 9.88 Å². The van der Waals surface area contributed by atoms with E-state index in [1.54, 1.807) is 12.3 Å². The third kappa shape index (κ3) is 3.22. The molecule has 0 unspecified atom stereocenters. The average Bonchev–Trinajstić information content (AvgIpc) is 3.07. The van der Waals surface area contributed by atoms with Gasteiger partial charge in [0.1, 0.15) is 5.84 Å². The van der Waals surface area contributed by atoms with Crippen molar-refractivity contribution in [2.75, 3.05) is 31.1 Å². The normalized spacial score (nSPS) is 14.8. The number of carbonyl (C=O) groups is 1. The van der Waals surface area contributed by atoms with Crippen LogP contribution in [-0.2, 0) is 0 Å². The zero-order chi connectivity index (χ0) is 17.3. The van der Waals surface area contributed by atoms with Gasteiger partial charge in [-0.3, -0.25) is 10.2 Å². The Morgan fingerprint density at radius 3 is 2.67 bits per heavy atom. The van der Waals surface area contributed by atoms with E-state index in [9.17, 15) is 4.79 Å². The van der Waals surface area contributed by atoms with Gasteiger partial charge in [-0.25, -0.2) is 4.98 Å². The fourth-order valence-corrected chi connectivity index (χ4v) is 3.66. The summed E-state index contributed by atoms with van der Waals surface area (Å²) in [6.45, 7) is 4.50. The standard InChI is InChI=1S/C16H18ClN5OS/c1-10-3-2-4-11(13(10)17)15(23)21-5-7-22(8-6-21)16-20-9-12(24-16)14(18)19/h2-4,9H,5-8H2,1H3,(H3,18,19). The molecule has 6 nitrogen and oxygen atoms in total. The van der Waals surface area contributed by atoms with E-state index in [4.69, 9.17) is 22.7 Å². The summed E-state index contributed by atoms with van der Waals surface area (Å²) in [5, 5.41) is 8.81. The fourth-order valence-electron chi connectivity index (χ4n) is 2.62. The predicted octanol–water partition coefficient (Wildman–Crippen LogP) is 2.35. The van der Waals surface area contributed by atoms with E-state index in [1.807, 2.05) is 24.0 Å². The smallest absolute Gasteiger partial charge is 0.255 e. The summed E-state index contributed by atoms with van der Waals surface area (Å²) in [6.07, 6.45) is 1.62. The molecule has 24 heavy (non-hydrogen) atoms. The van der Waals surface area contributed by atoms with Gasteiger partial charge in [-0.05, 0) is 18.6 Å². The largest absolute Gasteiger partial charge is 0.383 e. The van der Waals surface area contributed by atoms with Crippen molar-refractivity contribution in [1.29, 1.82) is 5.41 Å². The number of nitrogens with zero attached hydrogens (tertiary/aromatic N) is 3. The van der Waals surface area contributed by atoms with Crippen LogP contribution in [0.15, 0.2) is 24.4 Å². The molecule has 2 aromatic rings. The van der Waals surface area contributed by atoms with Gasteiger partial charge in [0.2, 0.25) is 0 Å². The van der Waals surface area contributed by atoms with E-state index in [-0.39, 0.29) is 11.7 Å². The Hall–Kier alpha value is -2.12. The van der Waals surface area contributed by atoms with Crippen molar-refractivity contribution in [3.8, 4) is 0 Å². The number of amidine groups is 1. The Bertz CT molecular complexity index is 783. The van der Waals surface area contributed by atoms with Crippen LogP contribution in [0.1, 0.15) is 20.8 Å². The van der Waals surface area contributed by atoms with Crippen molar-refractivity contribution in [3.63, 3.8) is 0 Å². The van der Waals surface area contributed by atoms with Crippen molar-refractivity contribution in [3.05, 3.63) is 45.4 Å². The Morgan fingerprint density at radius 2 is 2.04 bits per heavy atom. The second-order valence-electron chi connectivity index (χ2n) is 5.64. The number of halogens is 1. The summed E-state index contributed by atoms with van der Waals surface area (Å²) < 4.78 is 0. The molecule has 1 aliphatic rings. The van der Waals surface area contributed by atoms with E-state index in [0.29, 0.717) is 41.6 Å². The molecule has 0 radical (unpaired) electrons. The van der Waals surface area contributed by atoms with E-state index >= 15 is 0 Å². The van der Waals surface area contributed by atoms with E-state index in [0.717, 1.165) is 10.7 Å². The van der Waals surface area contributed by atoms with Crippen molar-refractivity contribution in [2.24, 2.45) is 5.73 Å². The quantitative estimate of drug-likeness (QED) is 0.647. The van der Waals surface area contributed by atoms with Crippen molar-refractivity contribution in [2.45, 2.75) is 6.92 Å². The van der Waals surface area contributed by atoms with Crippen molar-refractivity contribution < 1.29 is 4.79 Å². The van der Waals surface area contributed by atoms with Gasteiger partial charge in [-0.1, -0.05) is 35.1 Å². The topological polar surface area (TPSA) is 86.3 Å². The van der Waals surface area contributed by atoms with Gasteiger partial charge in [0.05, 0.1) is 21.7 Å². The Labute approximate surface area is 149 Å². The second-order valence-corrected chi connectivity index (χ2v) is 7.02. The summed E-state index contributed by atoms with van der Waals surface area (Å²) in [6, 6.07) is 5.51. The van der Waals surface area contributed by atoms with Crippen LogP contribution in [0, 0.1) is 12.3 Å². The molecule has 1 fully saturated rings. The minimum atomic E-state index is -0.0353. The summed E-state index contributed by atoms with van der Waals surface area (Å²) >= 11 is 7.66. The lowest BCUT2D eigenvalue weighted by molar-refractivity contribution is 0.0747. The zero-order valence-corrected chi connectivity index (χ0v) is 14.8. The first-order chi connectivity index (χ1) is 11.5. The van der Waals surface area contributed by atoms with E-state index < -0.39 is 0 Å². The van der Waals surface area contributed by atoms with Gasteiger partial charge in [0.25, 0.3) is 5.91 Å². The third-order valence-electron chi connectivity index (χ3n) is 4.02. The number of carbonyl (C=O) groups excluding carboxylic acids is 1. The number of benzene rings is 1. The highest BCUT2D eigenvalue weighted by molar-refractivity contribution is 7.17. The van der Waals surface area contributed by atoms with Crippen LogP contribution in [0.25, 0.3) is 0 Å². The molecule has 1 aromatic heterocycles. The maximum absolute atomic E-state index is 12.7. The number of nitrogens with one attached hydrogen (secondary N) is 1. The molecule has 1 aromatic carbocycles. The fraction of sp³-hybridized carbons (Fsp3) is 0.312. The summed E-state index contributed by atoms with van der Waals surface area (Å²) in [5.74, 6) is -0.00596. The Morgan fingerprint density at radius 1 is 1.33 bits per heavy atom. The first kappa shape index (κ1) is 16.7. The summed E-state index contributed by atoms with van der Waals surface area (Å²) in [5.41, 5.74) is 6.94. The number of anilines is 1. The first-order valence-electron chi connectivity index (χ1n) is 7.57. The van der Waals surface area contributed by atoms with Crippen LogP contribution in [0.5, 0.6) is 0 Å². The number of piperazine rings is 1. The van der Waals surface area contributed by atoms with Crippen LogP contribution in [-0.4, -0.2) is 47.8 Å². The van der Waals surface area contributed by atoms with Gasteiger partial charge >= 0.3 is 0 Å². The predicted molar refractivity (Wildman–Crippen MR) is 97.4 cm³/mol. The molecule has 0 atom stereocenters. The lowest BCUT2D eigenvalue weighted by Gasteiger charge is -2.34. The minimum Gasteiger partial charge on any atom is -0.383 e. The lowest BCUT2D eigenvalue weighted by atomic mass is 10.1. The van der Waals surface area contributed by atoms with E-state index in [1.165, 1.54) is 11.3 Å². The molecule has 1 amide bonds. The second kappa shape index (κ2) is 6.78. The number of nitrogen functional groups attached to an aromatic ring is 1. The number of aromatic nitrogens is 1. The molecule has 0 aliphatic carbocycles. The number of hydrogen-bond acceptors (Lipinski definition) is 5. The highest BCUT2D eigenvalue weighted by atomic mass is 35.5. The monoisotopic (exact) mass is 363 g/mol. The molecule has 3 N–H and O–H groups in total. The summed E-state index contributed by atoms with van der Waals surface area (Å²) in [4.78, 5) is 21.6. The van der Waals surface area contributed by atoms with E-state index in [2.05, 4.69) is 9.88 Å². The summed E-state index contributed by atoms with van der Waals surface area (Å²) in [7, 11) is 0. The molecular weight excluding hydrogens is 346 g/mol. The lowest BCUT2D eigenvalue weighted by Crippen LogP contribution is -2.48. The molecule has 0 saturated carbocycles. The molecule has 0 spiro atoms. The van der Waals surface area contributed by atoms with Crippen LogP contribution < -0.4 is 10.6 Å². The van der Waals surface area contributed by atoms with Gasteiger partial charge < -0.3 is 15.5 Å². The number of hydrogen-bond donors (Lipinski definition) is 2. The molecule has 1 saturated heterocycles. The Kier molecular flexibility index (Phi) is 4.73. The molecule has 0 bridgehead atoms. The van der Waals surface area contributed by atoms with Gasteiger partial charge in [0, 0.05) is 26.2 Å². The highest BCUT2D eigenvalue weighted by Crippen LogP contribution is 2.25. The molecule has 126 valence electrons. The molecule has 1 aliphatic heterocycles. The first-order valence-corrected chi connectivity index (χ1v) is 8.76. The van der Waals surface area contributed by atoms with Crippen molar-refractivity contribution >= 4 is 39.8 Å². The van der Waals surface area contributed by atoms with Crippen LogP contribution in [0.4, 0.5) is 5.13 Å². The maximum atomic E-state index is 12.7. The third-order valence-corrected chi connectivity index (χ3v) is 5.61. The Balaban J connectivity index is 1.67. The van der Waals surface area contributed by atoms with Crippen LogP contribution in [0.2, 0.25) is 5.02 Å². The number of aryl methyl sites for hydroxylation is 1. The molecular formula is C16H18ClN5OS. The van der Waals surface area contributed by atoms with Gasteiger partial charge in [-0.2, -0.15) is 0 Å². The maximum Gasteiger partial charge on any atom is 0.255 e. The molecule has 2 heterocycles. The number of nitrogens with two attached hydrogens (primary N) is 1. The van der Waals surface area contributed by atoms with Crippen LogP contribution >= 0.6 is 22.9 Å². The molecule has 8 heteroatoms. The van der Waals surface area contributed by atoms with Crippen LogP contribution in [0.3, 0.4) is 0 Å². The zero-order valence-electron chi connectivity index (χ0n) is 13.3. The minimum absolute atomic E-state index is 0.0293. The average molecular weight is 364 g/mol. The van der Waals surface area contributed by atoms with Gasteiger partial charge in [0.15, 0.2) is 5.13 Å². The number of thiazole rings is 1. The highest BCUT2D eigenvalue weighted by Gasteiger charge is 2.25.